The van der Waals surface area contributed by atoms with E-state index < -0.39 is 0 Å². The highest BCUT2D eigenvalue weighted by atomic mass is 16.3. The number of carbonyl (C=O) groups is 1. The van der Waals surface area contributed by atoms with E-state index in [4.69, 9.17) is 0 Å². The molecular weight excluding hydrogens is 354 g/mol. The van der Waals surface area contributed by atoms with Crippen LogP contribution in [0.2, 0.25) is 0 Å². The van der Waals surface area contributed by atoms with Crippen molar-refractivity contribution < 1.29 is 15.4 Å². The maximum absolute atomic E-state index is 12.5. The van der Waals surface area contributed by atoms with Gasteiger partial charge in [0.15, 0.2) is 0 Å². The van der Waals surface area contributed by atoms with Crippen LogP contribution in [0, 0.1) is 10.8 Å². The zero-order valence-electron chi connectivity index (χ0n) is 18.2. The highest BCUT2D eigenvalue weighted by Gasteiger charge is 2.40. The molecule has 0 aliphatic heterocycles. The first-order chi connectivity index (χ1) is 12.8. The minimum Gasteiger partial charge on any atom is -0.412 e. The van der Waals surface area contributed by atoms with Crippen LogP contribution in [0.3, 0.4) is 0 Å². The summed E-state index contributed by atoms with van der Waals surface area (Å²) in [5, 5.41) is 14.2. The molecular formula is C22H39N3O3. The molecule has 6 heteroatoms. The van der Waals surface area contributed by atoms with Gasteiger partial charge in [-0.05, 0) is 61.4 Å². The van der Waals surface area contributed by atoms with Crippen molar-refractivity contribution in [1.29, 1.82) is 0 Å². The van der Waals surface area contributed by atoms with Crippen molar-refractivity contribution in [3.8, 4) is 0 Å². The lowest BCUT2D eigenvalue weighted by Crippen LogP contribution is -2.45. The number of nitrogens with one attached hydrogen (secondary N) is 2. The van der Waals surface area contributed by atoms with Gasteiger partial charge >= 0.3 is 0 Å². The number of hydrogen-bond acceptors (Lipinski definition) is 3. The Morgan fingerprint density at radius 1 is 1.21 bits per heavy atom. The highest BCUT2D eigenvalue weighted by molar-refractivity contribution is 5.98. The molecule has 160 valence electrons. The van der Waals surface area contributed by atoms with Crippen LogP contribution >= 0.6 is 0 Å². The Bertz CT molecular complexity index is 727. The molecule has 6 nitrogen and oxygen atoms in total. The number of fused-ring (bicyclic) bond motifs is 1. The minimum absolute atomic E-state index is 0. The van der Waals surface area contributed by atoms with Crippen LogP contribution in [0.15, 0.2) is 30.5 Å². The Morgan fingerprint density at radius 2 is 1.86 bits per heavy atom. The number of nitrogens with two attached hydrogens (primary N) is 1. The Hall–Kier alpha value is -1.89. The number of aliphatic hydroxyl groups excluding tert-OH is 1. The molecule has 1 aliphatic rings. The molecule has 2 atom stereocenters. The second kappa shape index (κ2) is 11.2. The molecule has 0 spiro atoms. The van der Waals surface area contributed by atoms with Crippen molar-refractivity contribution in [3.05, 3.63) is 36.0 Å². The van der Waals surface area contributed by atoms with Gasteiger partial charge in [-0.15, -0.1) is 0 Å². The maximum Gasteiger partial charge on any atom is 0.251 e. The summed E-state index contributed by atoms with van der Waals surface area (Å²) in [6, 6.07) is 7.65. The maximum atomic E-state index is 12.5. The van der Waals surface area contributed by atoms with Crippen molar-refractivity contribution in [2.24, 2.45) is 16.6 Å². The van der Waals surface area contributed by atoms with E-state index in [9.17, 15) is 9.90 Å². The first-order valence-corrected chi connectivity index (χ1v) is 9.88. The third-order valence-electron chi connectivity index (χ3n) is 4.91. The second-order valence-corrected chi connectivity index (χ2v) is 8.18. The highest BCUT2D eigenvalue weighted by Crippen LogP contribution is 2.45. The van der Waals surface area contributed by atoms with E-state index in [0.717, 1.165) is 30.2 Å². The normalized spacial score (nSPS) is 22.6. The van der Waals surface area contributed by atoms with Crippen LogP contribution in [0.4, 0.5) is 0 Å². The third-order valence-corrected chi connectivity index (χ3v) is 4.91. The molecule has 0 radical (unpaired) electrons. The SMILES string of the molecule is CC.CC1(C)CC(O)CC(C)(CNC(=O)c2ccc3[nH]ccc3c2)C1.CN.O. The molecule has 2 aromatic rings. The van der Waals surface area contributed by atoms with Crippen molar-refractivity contribution in [2.75, 3.05) is 13.6 Å². The quantitative estimate of drug-likeness (QED) is 0.640. The molecule has 1 aromatic carbocycles. The number of aromatic nitrogens is 1. The first kappa shape index (κ1) is 26.1. The summed E-state index contributed by atoms with van der Waals surface area (Å²) in [6.45, 7) is 11.1. The van der Waals surface area contributed by atoms with E-state index >= 15 is 0 Å². The zero-order chi connectivity index (χ0) is 20.7. The number of aromatic amines is 1. The molecule has 0 saturated heterocycles. The summed E-state index contributed by atoms with van der Waals surface area (Å²) in [5.74, 6) is -0.0489. The molecule has 1 aromatic heterocycles. The predicted octanol–water partition coefficient (Wildman–Crippen LogP) is 3.25. The summed E-state index contributed by atoms with van der Waals surface area (Å²) in [5.41, 5.74) is 6.26. The van der Waals surface area contributed by atoms with Crippen molar-refractivity contribution in [1.82, 2.24) is 10.3 Å². The molecule has 1 aliphatic carbocycles. The van der Waals surface area contributed by atoms with Crippen LogP contribution in [0.5, 0.6) is 0 Å². The van der Waals surface area contributed by atoms with Crippen LogP contribution in [-0.4, -0.2) is 41.2 Å². The number of carbonyl (C=O) groups excluding carboxylic acids is 1. The molecule has 0 bridgehead atoms. The average molecular weight is 394 g/mol. The first-order valence-electron chi connectivity index (χ1n) is 9.88. The molecule has 1 fully saturated rings. The standard InChI is InChI=1S/C19H26N2O2.C2H6.CH5N.H2O/c1-18(2)9-15(22)10-19(3,11-18)12-21-17(23)14-4-5-16-13(8-14)6-7-20-16;2*1-2;/h4-8,15,20,22H,9-12H2,1-3H3,(H,21,23);1-2H3;2H2,1H3;1H2. The molecule has 1 heterocycles. The van der Waals surface area contributed by atoms with Gasteiger partial charge in [-0.25, -0.2) is 0 Å². The summed E-state index contributed by atoms with van der Waals surface area (Å²) in [6.07, 6.45) is 4.18. The van der Waals surface area contributed by atoms with E-state index in [1.807, 2.05) is 44.3 Å². The van der Waals surface area contributed by atoms with E-state index in [0.29, 0.717) is 12.1 Å². The van der Waals surface area contributed by atoms with Gasteiger partial charge in [-0.2, -0.15) is 0 Å². The van der Waals surface area contributed by atoms with Gasteiger partial charge in [0.05, 0.1) is 6.10 Å². The van der Waals surface area contributed by atoms with Crippen LogP contribution in [0.1, 0.15) is 64.2 Å². The minimum atomic E-state index is -0.281. The Morgan fingerprint density at radius 3 is 2.46 bits per heavy atom. The molecule has 1 amide bonds. The fourth-order valence-electron chi connectivity index (χ4n) is 4.30. The van der Waals surface area contributed by atoms with E-state index in [1.165, 1.54) is 7.05 Å². The lowest BCUT2D eigenvalue weighted by Gasteiger charge is -2.45. The van der Waals surface area contributed by atoms with Gasteiger partial charge in [-0.3, -0.25) is 4.79 Å². The number of amides is 1. The van der Waals surface area contributed by atoms with Crippen LogP contribution in [0.25, 0.3) is 10.9 Å². The molecule has 2 unspecified atom stereocenters. The number of rotatable bonds is 3. The predicted molar refractivity (Wildman–Crippen MR) is 117 cm³/mol. The molecule has 7 N–H and O–H groups in total. The van der Waals surface area contributed by atoms with E-state index in [1.54, 1.807) is 0 Å². The summed E-state index contributed by atoms with van der Waals surface area (Å²) in [4.78, 5) is 15.6. The van der Waals surface area contributed by atoms with Gasteiger partial charge in [0.2, 0.25) is 0 Å². The zero-order valence-corrected chi connectivity index (χ0v) is 18.2. The Kier molecular flexibility index (Phi) is 10.4. The van der Waals surface area contributed by atoms with Gasteiger partial charge < -0.3 is 26.6 Å². The number of hydrogen-bond donors (Lipinski definition) is 4. The third kappa shape index (κ3) is 6.93. The molecule has 1 saturated carbocycles. The van der Waals surface area contributed by atoms with Crippen molar-refractivity contribution in [3.63, 3.8) is 0 Å². The lowest BCUT2D eigenvalue weighted by atomic mass is 9.63. The summed E-state index contributed by atoms with van der Waals surface area (Å²) < 4.78 is 0. The van der Waals surface area contributed by atoms with Crippen LogP contribution in [-0.2, 0) is 0 Å². The topological polar surface area (TPSA) is 123 Å². The van der Waals surface area contributed by atoms with Gasteiger partial charge in [0.25, 0.3) is 5.91 Å². The van der Waals surface area contributed by atoms with Crippen LogP contribution < -0.4 is 11.1 Å². The summed E-state index contributed by atoms with van der Waals surface area (Å²) >= 11 is 0. The Labute approximate surface area is 169 Å². The van der Waals surface area contributed by atoms with Gasteiger partial charge in [-0.1, -0.05) is 34.6 Å². The van der Waals surface area contributed by atoms with E-state index in [2.05, 4.69) is 36.8 Å². The number of H-pyrrole nitrogens is 1. The largest absolute Gasteiger partial charge is 0.412 e. The van der Waals surface area contributed by atoms with Gasteiger partial charge in [0.1, 0.15) is 0 Å². The molecule has 28 heavy (non-hydrogen) atoms. The molecule has 3 rings (SSSR count). The van der Waals surface area contributed by atoms with Crippen molar-refractivity contribution in [2.45, 2.75) is 60.0 Å². The monoisotopic (exact) mass is 393 g/mol. The van der Waals surface area contributed by atoms with Gasteiger partial charge in [0, 0.05) is 29.2 Å². The fourth-order valence-corrected chi connectivity index (χ4v) is 4.30. The van der Waals surface area contributed by atoms with E-state index in [-0.39, 0.29) is 28.3 Å². The summed E-state index contributed by atoms with van der Waals surface area (Å²) in [7, 11) is 1.50. The number of aliphatic hydroxyl groups is 1. The fraction of sp³-hybridized carbons (Fsp3) is 0.591. The van der Waals surface area contributed by atoms with Crippen molar-refractivity contribution >= 4 is 16.8 Å². The smallest absolute Gasteiger partial charge is 0.251 e. The Balaban J connectivity index is 0.00000137. The lowest BCUT2D eigenvalue weighted by molar-refractivity contribution is -0.00839. The average Bonchev–Trinajstić information content (AvgIpc) is 3.09. The number of benzene rings is 1. The second-order valence-electron chi connectivity index (χ2n) is 8.18.